The Morgan fingerprint density at radius 1 is 1.31 bits per heavy atom. The molecule has 2 rings (SSSR count). The van der Waals surface area contributed by atoms with Gasteiger partial charge in [0.25, 0.3) is 0 Å². The first-order chi connectivity index (χ1) is 6.40. The van der Waals surface area contributed by atoms with Crippen molar-refractivity contribution in [3.8, 4) is 12.3 Å². The van der Waals surface area contributed by atoms with Crippen LogP contribution in [0, 0.1) is 12.3 Å². The largest absolute Gasteiger partial charge is 0.300 e. The van der Waals surface area contributed by atoms with Crippen molar-refractivity contribution in [2.24, 2.45) is 0 Å². The van der Waals surface area contributed by atoms with Gasteiger partial charge in [0.1, 0.15) is 0 Å². The predicted molar refractivity (Wildman–Crippen MR) is 54.5 cm³/mol. The van der Waals surface area contributed by atoms with Crippen molar-refractivity contribution in [3.05, 3.63) is 0 Å². The van der Waals surface area contributed by atoms with E-state index in [0.717, 1.165) is 19.0 Å². The predicted octanol–water partition coefficient (Wildman–Crippen LogP) is 0.790. The van der Waals surface area contributed by atoms with Crippen LogP contribution in [-0.4, -0.2) is 48.6 Å². The molecular formula is C11H18N2. The average Bonchev–Trinajstić information content (AvgIpc) is 2.61. The van der Waals surface area contributed by atoms with Crippen LogP contribution < -0.4 is 0 Å². The lowest BCUT2D eigenvalue weighted by molar-refractivity contribution is 0.106. The van der Waals surface area contributed by atoms with Crippen molar-refractivity contribution >= 4 is 0 Å². The fourth-order valence-electron chi connectivity index (χ4n) is 2.48. The van der Waals surface area contributed by atoms with Gasteiger partial charge < -0.3 is 0 Å². The molecule has 2 heteroatoms. The maximum atomic E-state index is 5.27. The van der Waals surface area contributed by atoms with Gasteiger partial charge in [-0.2, -0.15) is 0 Å². The molecule has 0 saturated carbocycles. The van der Waals surface area contributed by atoms with E-state index in [1.54, 1.807) is 0 Å². The molecule has 2 aliphatic rings. The van der Waals surface area contributed by atoms with Gasteiger partial charge in [-0.05, 0) is 19.4 Å². The SMILES string of the molecule is C#CCCN1CCN2CCCC2C1. The summed E-state index contributed by atoms with van der Waals surface area (Å²) < 4.78 is 0. The Kier molecular flexibility index (Phi) is 2.87. The molecule has 0 amide bonds. The average molecular weight is 178 g/mol. The standard InChI is InChI=1S/C11H18N2/c1-2-3-6-12-8-9-13-7-4-5-11(13)10-12/h1,11H,3-10H2. The second-order valence-electron chi connectivity index (χ2n) is 4.09. The van der Waals surface area contributed by atoms with Crippen molar-refractivity contribution in [1.29, 1.82) is 0 Å². The monoisotopic (exact) mass is 178 g/mol. The zero-order valence-corrected chi connectivity index (χ0v) is 8.21. The molecule has 72 valence electrons. The first kappa shape index (κ1) is 9.05. The van der Waals surface area contributed by atoms with Crippen molar-refractivity contribution in [2.75, 3.05) is 32.7 Å². The van der Waals surface area contributed by atoms with Gasteiger partial charge in [-0.15, -0.1) is 12.3 Å². The number of piperazine rings is 1. The van der Waals surface area contributed by atoms with Crippen LogP contribution in [0.5, 0.6) is 0 Å². The summed E-state index contributed by atoms with van der Waals surface area (Å²) >= 11 is 0. The van der Waals surface area contributed by atoms with Crippen LogP contribution in [-0.2, 0) is 0 Å². The third-order valence-electron chi connectivity index (χ3n) is 3.24. The van der Waals surface area contributed by atoms with Crippen molar-refractivity contribution < 1.29 is 0 Å². The number of nitrogens with zero attached hydrogens (tertiary/aromatic N) is 2. The summed E-state index contributed by atoms with van der Waals surface area (Å²) in [6.45, 7) is 6.16. The van der Waals surface area contributed by atoms with E-state index in [-0.39, 0.29) is 0 Å². The van der Waals surface area contributed by atoms with Crippen LogP contribution in [0.2, 0.25) is 0 Å². The number of hydrogen-bond donors (Lipinski definition) is 0. The minimum atomic E-state index is 0.839. The summed E-state index contributed by atoms with van der Waals surface area (Å²) in [6.07, 6.45) is 8.97. The lowest BCUT2D eigenvalue weighted by atomic mass is 10.1. The second-order valence-corrected chi connectivity index (χ2v) is 4.09. The van der Waals surface area contributed by atoms with Gasteiger partial charge >= 0.3 is 0 Å². The Balaban J connectivity index is 1.80. The molecule has 1 atom stereocenters. The Hall–Kier alpha value is -0.520. The Morgan fingerprint density at radius 2 is 2.23 bits per heavy atom. The molecular weight excluding hydrogens is 160 g/mol. The Bertz CT molecular complexity index is 207. The van der Waals surface area contributed by atoms with Crippen LogP contribution in [0.3, 0.4) is 0 Å². The van der Waals surface area contributed by atoms with Crippen LogP contribution in [0.15, 0.2) is 0 Å². The molecule has 0 aliphatic carbocycles. The van der Waals surface area contributed by atoms with Gasteiger partial charge in [0, 0.05) is 38.6 Å². The first-order valence-corrected chi connectivity index (χ1v) is 5.30. The number of hydrogen-bond acceptors (Lipinski definition) is 2. The molecule has 13 heavy (non-hydrogen) atoms. The van der Waals surface area contributed by atoms with Gasteiger partial charge in [0.05, 0.1) is 0 Å². The quantitative estimate of drug-likeness (QED) is 0.577. The molecule has 0 aromatic rings. The van der Waals surface area contributed by atoms with Crippen LogP contribution in [0.1, 0.15) is 19.3 Å². The summed E-state index contributed by atoms with van der Waals surface area (Å²) in [5.74, 6) is 2.72. The van der Waals surface area contributed by atoms with Gasteiger partial charge in [0.2, 0.25) is 0 Å². The van der Waals surface area contributed by atoms with E-state index in [4.69, 9.17) is 6.42 Å². The van der Waals surface area contributed by atoms with E-state index in [9.17, 15) is 0 Å². The topological polar surface area (TPSA) is 6.48 Å². The maximum Gasteiger partial charge on any atom is 0.0224 e. The summed E-state index contributed by atoms with van der Waals surface area (Å²) in [6, 6.07) is 0.839. The third kappa shape index (κ3) is 2.04. The molecule has 2 nitrogen and oxygen atoms in total. The summed E-state index contributed by atoms with van der Waals surface area (Å²) in [7, 11) is 0. The smallest absolute Gasteiger partial charge is 0.0224 e. The summed E-state index contributed by atoms with van der Waals surface area (Å²) in [5.41, 5.74) is 0. The van der Waals surface area contributed by atoms with Crippen molar-refractivity contribution in [2.45, 2.75) is 25.3 Å². The van der Waals surface area contributed by atoms with E-state index in [0.29, 0.717) is 0 Å². The highest BCUT2D eigenvalue weighted by Gasteiger charge is 2.29. The van der Waals surface area contributed by atoms with E-state index in [1.807, 2.05) is 0 Å². The first-order valence-electron chi connectivity index (χ1n) is 5.30. The fraction of sp³-hybridized carbons (Fsp3) is 0.818. The fourth-order valence-corrected chi connectivity index (χ4v) is 2.48. The lowest BCUT2D eigenvalue weighted by Gasteiger charge is -2.37. The molecule has 0 aromatic heterocycles. The summed E-state index contributed by atoms with van der Waals surface area (Å²) in [5, 5.41) is 0. The zero-order valence-electron chi connectivity index (χ0n) is 8.21. The Labute approximate surface area is 80.9 Å². The zero-order chi connectivity index (χ0) is 9.10. The van der Waals surface area contributed by atoms with Crippen LogP contribution in [0.25, 0.3) is 0 Å². The molecule has 2 heterocycles. The van der Waals surface area contributed by atoms with Gasteiger partial charge in [-0.1, -0.05) is 0 Å². The molecule has 0 bridgehead atoms. The van der Waals surface area contributed by atoms with E-state index < -0.39 is 0 Å². The van der Waals surface area contributed by atoms with Gasteiger partial charge in [-0.3, -0.25) is 9.80 Å². The molecule has 2 fully saturated rings. The van der Waals surface area contributed by atoms with E-state index in [2.05, 4.69) is 15.7 Å². The highest BCUT2D eigenvalue weighted by molar-refractivity contribution is 4.89. The molecule has 0 aromatic carbocycles. The van der Waals surface area contributed by atoms with E-state index in [1.165, 1.54) is 39.0 Å². The van der Waals surface area contributed by atoms with Crippen molar-refractivity contribution in [1.82, 2.24) is 9.80 Å². The van der Waals surface area contributed by atoms with Crippen molar-refractivity contribution in [3.63, 3.8) is 0 Å². The van der Waals surface area contributed by atoms with Crippen LogP contribution >= 0.6 is 0 Å². The minimum absolute atomic E-state index is 0.839. The highest BCUT2D eigenvalue weighted by atomic mass is 15.3. The summed E-state index contributed by atoms with van der Waals surface area (Å²) in [4.78, 5) is 5.15. The third-order valence-corrected chi connectivity index (χ3v) is 3.24. The number of terminal acetylenes is 1. The number of rotatable bonds is 2. The van der Waals surface area contributed by atoms with Gasteiger partial charge in [0.15, 0.2) is 0 Å². The minimum Gasteiger partial charge on any atom is -0.300 e. The Morgan fingerprint density at radius 3 is 3.08 bits per heavy atom. The highest BCUT2D eigenvalue weighted by Crippen LogP contribution is 2.21. The van der Waals surface area contributed by atoms with Gasteiger partial charge in [-0.25, -0.2) is 0 Å². The normalized spacial score (nSPS) is 29.9. The number of fused-ring (bicyclic) bond motifs is 1. The maximum absolute atomic E-state index is 5.27. The van der Waals surface area contributed by atoms with Crippen LogP contribution in [0.4, 0.5) is 0 Å². The molecule has 2 saturated heterocycles. The molecule has 0 spiro atoms. The molecule has 2 aliphatic heterocycles. The van der Waals surface area contributed by atoms with E-state index >= 15 is 0 Å². The second kappa shape index (κ2) is 4.13. The lowest BCUT2D eigenvalue weighted by Crippen LogP contribution is -2.50. The molecule has 0 radical (unpaired) electrons. The molecule has 0 N–H and O–H groups in total. The molecule has 1 unspecified atom stereocenters.